The number of pyridine rings is 1. The van der Waals surface area contributed by atoms with E-state index in [0.717, 1.165) is 35.4 Å². The Bertz CT molecular complexity index is 1320. The summed E-state index contributed by atoms with van der Waals surface area (Å²) in [7, 11) is 3.71. The molecule has 1 atom stereocenters. The van der Waals surface area contributed by atoms with Crippen LogP contribution in [0.3, 0.4) is 0 Å². The third kappa shape index (κ3) is 4.11. The van der Waals surface area contributed by atoms with Crippen LogP contribution < -0.4 is 10.1 Å². The fourth-order valence-corrected chi connectivity index (χ4v) is 4.21. The third-order valence-electron chi connectivity index (χ3n) is 5.84. The van der Waals surface area contributed by atoms with E-state index in [2.05, 4.69) is 25.5 Å². The monoisotopic (exact) mass is 446 g/mol. The SMILES string of the molecule is Cc1cc(Nc2cc3cc(-c4c(OC[C@@H]5CCN(C)C5=O)cnn4C)ccn3n2)nc(C)n1. The molecule has 170 valence electrons. The average Bonchev–Trinajstić information content (AvgIpc) is 3.42. The first-order valence-corrected chi connectivity index (χ1v) is 10.9. The van der Waals surface area contributed by atoms with E-state index in [1.165, 1.54) is 0 Å². The second kappa shape index (κ2) is 8.19. The van der Waals surface area contributed by atoms with Crippen molar-refractivity contribution in [2.24, 2.45) is 13.0 Å². The highest BCUT2D eigenvalue weighted by molar-refractivity contribution is 5.80. The number of ether oxygens (including phenoxy) is 1. The van der Waals surface area contributed by atoms with Crippen molar-refractivity contribution in [3.8, 4) is 17.0 Å². The number of nitrogens with one attached hydrogen (secondary N) is 1. The van der Waals surface area contributed by atoms with E-state index in [1.807, 2.05) is 58.4 Å². The van der Waals surface area contributed by atoms with Crippen LogP contribution in [0.25, 0.3) is 16.8 Å². The fourth-order valence-electron chi connectivity index (χ4n) is 4.21. The van der Waals surface area contributed by atoms with Gasteiger partial charge in [0.15, 0.2) is 11.6 Å². The van der Waals surface area contributed by atoms with Gasteiger partial charge in [-0.1, -0.05) is 0 Å². The van der Waals surface area contributed by atoms with E-state index < -0.39 is 0 Å². The molecule has 0 aromatic carbocycles. The predicted molar refractivity (Wildman–Crippen MR) is 123 cm³/mol. The quantitative estimate of drug-likeness (QED) is 0.486. The summed E-state index contributed by atoms with van der Waals surface area (Å²) in [6.07, 6.45) is 4.41. The summed E-state index contributed by atoms with van der Waals surface area (Å²) >= 11 is 0. The Labute approximate surface area is 191 Å². The van der Waals surface area contributed by atoms with Gasteiger partial charge in [0.25, 0.3) is 0 Å². The van der Waals surface area contributed by atoms with Crippen molar-refractivity contribution in [3.05, 3.63) is 48.2 Å². The average molecular weight is 447 g/mol. The Balaban J connectivity index is 1.39. The van der Waals surface area contributed by atoms with E-state index >= 15 is 0 Å². The Morgan fingerprint density at radius 2 is 2.00 bits per heavy atom. The van der Waals surface area contributed by atoms with Gasteiger partial charge in [0.05, 0.1) is 17.6 Å². The van der Waals surface area contributed by atoms with E-state index in [9.17, 15) is 4.79 Å². The lowest BCUT2D eigenvalue weighted by atomic mass is 10.1. The summed E-state index contributed by atoms with van der Waals surface area (Å²) in [6.45, 7) is 4.92. The summed E-state index contributed by atoms with van der Waals surface area (Å²) in [6, 6.07) is 7.85. The number of aryl methyl sites for hydroxylation is 3. The molecule has 0 radical (unpaired) electrons. The number of fused-ring (bicyclic) bond motifs is 1. The molecule has 4 aromatic rings. The van der Waals surface area contributed by atoms with Crippen molar-refractivity contribution < 1.29 is 9.53 Å². The largest absolute Gasteiger partial charge is 0.489 e. The molecule has 0 unspecified atom stereocenters. The lowest BCUT2D eigenvalue weighted by Crippen LogP contribution is -2.25. The van der Waals surface area contributed by atoms with Crippen LogP contribution in [0.5, 0.6) is 5.75 Å². The van der Waals surface area contributed by atoms with Gasteiger partial charge in [0.1, 0.15) is 23.9 Å². The second-order valence-corrected chi connectivity index (χ2v) is 8.42. The minimum atomic E-state index is -0.108. The first-order chi connectivity index (χ1) is 15.9. The number of rotatable bonds is 6. The summed E-state index contributed by atoms with van der Waals surface area (Å²) < 4.78 is 9.64. The Morgan fingerprint density at radius 3 is 2.76 bits per heavy atom. The van der Waals surface area contributed by atoms with Crippen molar-refractivity contribution in [2.75, 3.05) is 25.5 Å². The highest BCUT2D eigenvalue weighted by atomic mass is 16.5. The first-order valence-electron chi connectivity index (χ1n) is 10.9. The van der Waals surface area contributed by atoms with Crippen LogP contribution in [0.4, 0.5) is 11.6 Å². The zero-order valence-corrected chi connectivity index (χ0v) is 19.1. The molecule has 0 saturated carbocycles. The normalized spacial score (nSPS) is 16.1. The maximum absolute atomic E-state index is 12.2. The molecule has 5 heterocycles. The third-order valence-corrected chi connectivity index (χ3v) is 5.84. The number of aromatic nitrogens is 6. The molecular weight excluding hydrogens is 420 g/mol. The van der Waals surface area contributed by atoms with Gasteiger partial charge in [0.2, 0.25) is 5.91 Å². The molecule has 1 fully saturated rings. The van der Waals surface area contributed by atoms with Crippen molar-refractivity contribution >= 4 is 23.1 Å². The van der Waals surface area contributed by atoms with Crippen LogP contribution in [0.15, 0.2) is 36.7 Å². The van der Waals surface area contributed by atoms with Crippen LogP contribution in [-0.2, 0) is 11.8 Å². The lowest BCUT2D eigenvalue weighted by molar-refractivity contribution is -0.130. The van der Waals surface area contributed by atoms with Gasteiger partial charge in [-0.05, 0) is 32.4 Å². The number of anilines is 2. The number of carbonyl (C=O) groups excluding carboxylic acids is 1. The van der Waals surface area contributed by atoms with Crippen molar-refractivity contribution in [2.45, 2.75) is 20.3 Å². The van der Waals surface area contributed by atoms with E-state index in [-0.39, 0.29) is 11.8 Å². The molecule has 0 bridgehead atoms. The molecule has 1 N–H and O–H groups in total. The van der Waals surface area contributed by atoms with E-state index in [0.29, 0.717) is 29.8 Å². The number of likely N-dealkylation sites (tertiary alicyclic amines) is 1. The van der Waals surface area contributed by atoms with Gasteiger partial charge in [-0.2, -0.15) is 10.2 Å². The maximum Gasteiger partial charge on any atom is 0.228 e. The molecular formula is C23H26N8O2. The van der Waals surface area contributed by atoms with Crippen LogP contribution in [0, 0.1) is 19.8 Å². The standard InChI is InChI=1S/C23H26N8O2/c1-14-9-20(26-15(2)25-14)27-21-11-18-10-16(6-8-31(18)28-21)22-19(12-24-30(22)4)33-13-17-5-7-29(3)23(17)32/h6,8-12,17H,5,7,13H2,1-4H3,(H,25,26,27,28)/t17-/m0/s1. The van der Waals surface area contributed by atoms with Crippen molar-refractivity contribution in [1.29, 1.82) is 0 Å². The Morgan fingerprint density at radius 1 is 1.15 bits per heavy atom. The molecule has 1 amide bonds. The molecule has 1 aliphatic rings. The maximum atomic E-state index is 12.2. The molecule has 10 heteroatoms. The van der Waals surface area contributed by atoms with Gasteiger partial charge in [-0.25, -0.2) is 14.5 Å². The van der Waals surface area contributed by atoms with Crippen molar-refractivity contribution in [1.82, 2.24) is 34.3 Å². The number of hydrogen-bond acceptors (Lipinski definition) is 7. The predicted octanol–water partition coefficient (Wildman–Crippen LogP) is 2.74. The molecule has 0 spiro atoms. The molecule has 5 rings (SSSR count). The zero-order chi connectivity index (χ0) is 23.1. The molecule has 4 aromatic heterocycles. The summed E-state index contributed by atoms with van der Waals surface area (Å²) in [5.41, 5.74) is 3.62. The Hall–Kier alpha value is -3.95. The molecule has 1 aliphatic heterocycles. The highest BCUT2D eigenvalue weighted by Gasteiger charge is 2.30. The van der Waals surface area contributed by atoms with E-state index in [4.69, 9.17) is 4.74 Å². The lowest BCUT2D eigenvalue weighted by Gasteiger charge is -2.12. The van der Waals surface area contributed by atoms with Crippen LogP contribution in [-0.4, -0.2) is 60.4 Å². The summed E-state index contributed by atoms with van der Waals surface area (Å²) in [5, 5.41) is 12.2. The second-order valence-electron chi connectivity index (χ2n) is 8.42. The summed E-state index contributed by atoms with van der Waals surface area (Å²) in [4.78, 5) is 22.7. The molecule has 10 nitrogen and oxygen atoms in total. The summed E-state index contributed by atoms with van der Waals surface area (Å²) in [5.74, 6) is 2.79. The molecule has 33 heavy (non-hydrogen) atoms. The van der Waals surface area contributed by atoms with Gasteiger partial charge >= 0.3 is 0 Å². The zero-order valence-electron chi connectivity index (χ0n) is 19.1. The molecule has 0 aliphatic carbocycles. The highest BCUT2D eigenvalue weighted by Crippen LogP contribution is 2.31. The van der Waals surface area contributed by atoms with Gasteiger partial charge in [-0.15, -0.1) is 0 Å². The fraction of sp³-hybridized carbons (Fsp3) is 0.348. The minimum absolute atomic E-state index is 0.108. The first kappa shape index (κ1) is 20.9. The van der Waals surface area contributed by atoms with E-state index in [1.54, 1.807) is 20.3 Å². The van der Waals surface area contributed by atoms with Gasteiger partial charge in [-0.3, -0.25) is 9.48 Å². The number of nitrogens with zero attached hydrogens (tertiary/aromatic N) is 7. The topological polar surface area (TPSA) is 102 Å². The minimum Gasteiger partial charge on any atom is -0.489 e. The number of amides is 1. The molecule has 1 saturated heterocycles. The smallest absolute Gasteiger partial charge is 0.228 e. The number of carbonyl (C=O) groups is 1. The van der Waals surface area contributed by atoms with Gasteiger partial charge in [0, 0.05) is 50.2 Å². The van der Waals surface area contributed by atoms with Crippen molar-refractivity contribution in [3.63, 3.8) is 0 Å². The van der Waals surface area contributed by atoms with Gasteiger partial charge < -0.3 is 15.0 Å². The Kier molecular flexibility index (Phi) is 5.20. The van der Waals surface area contributed by atoms with Crippen LogP contribution in [0.2, 0.25) is 0 Å². The van der Waals surface area contributed by atoms with Crippen LogP contribution >= 0.6 is 0 Å². The van der Waals surface area contributed by atoms with Crippen LogP contribution in [0.1, 0.15) is 17.9 Å². The number of hydrogen-bond donors (Lipinski definition) is 1.